The Morgan fingerprint density at radius 3 is 2.79 bits per heavy atom. The maximum atomic E-state index is 11.1. The van der Waals surface area contributed by atoms with Crippen LogP contribution in [0.1, 0.15) is 5.69 Å². The van der Waals surface area contributed by atoms with E-state index in [0.29, 0.717) is 17.4 Å². The zero-order valence-corrected chi connectivity index (χ0v) is 8.53. The molecule has 0 spiro atoms. The van der Waals surface area contributed by atoms with Crippen LogP contribution in [0.25, 0.3) is 0 Å². The Labute approximate surface area is 86.9 Å². The van der Waals surface area contributed by atoms with Crippen LogP contribution in [0.3, 0.4) is 0 Å². The molecule has 0 aliphatic rings. The highest BCUT2D eigenvalue weighted by molar-refractivity contribution is 6.29. The number of carbonyl (C=O) groups is 1. The van der Waals surface area contributed by atoms with Gasteiger partial charge in [0.25, 0.3) is 0 Å². The molecule has 1 aromatic rings. The standard InChI is InChI=1S/C8H11ClN4O/c1-13(8(14)4-10)5-6-2-3-7(9)12-11-6/h2-3H,4-5,10H2,1H3. The lowest BCUT2D eigenvalue weighted by molar-refractivity contribution is -0.128. The van der Waals surface area contributed by atoms with E-state index in [1.54, 1.807) is 19.2 Å². The minimum atomic E-state index is -0.137. The van der Waals surface area contributed by atoms with E-state index in [4.69, 9.17) is 17.3 Å². The molecule has 0 saturated heterocycles. The van der Waals surface area contributed by atoms with E-state index < -0.39 is 0 Å². The average Bonchev–Trinajstić information content (AvgIpc) is 2.20. The summed E-state index contributed by atoms with van der Waals surface area (Å²) in [6.07, 6.45) is 0. The summed E-state index contributed by atoms with van der Waals surface area (Å²) in [7, 11) is 1.66. The van der Waals surface area contributed by atoms with E-state index in [1.165, 1.54) is 4.90 Å². The molecule has 0 radical (unpaired) electrons. The number of rotatable bonds is 3. The van der Waals surface area contributed by atoms with Gasteiger partial charge in [-0.2, -0.15) is 5.10 Å². The number of nitrogens with two attached hydrogens (primary N) is 1. The van der Waals surface area contributed by atoms with Gasteiger partial charge in [-0.1, -0.05) is 11.6 Å². The Morgan fingerprint density at radius 2 is 2.29 bits per heavy atom. The van der Waals surface area contributed by atoms with Gasteiger partial charge in [0, 0.05) is 7.05 Å². The van der Waals surface area contributed by atoms with Crippen molar-refractivity contribution < 1.29 is 4.79 Å². The fourth-order valence-electron chi connectivity index (χ4n) is 0.915. The first-order chi connectivity index (χ1) is 6.63. The Hall–Kier alpha value is -1.20. The van der Waals surface area contributed by atoms with Gasteiger partial charge in [0.2, 0.25) is 5.91 Å². The quantitative estimate of drug-likeness (QED) is 0.772. The third-order valence-electron chi connectivity index (χ3n) is 1.69. The lowest BCUT2D eigenvalue weighted by Gasteiger charge is -2.14. The lowest BCUT2D eigenvalue weighted by Crippen LogP contribution is -2.32. The topological polar surface area (TPSA) is 72.1 Å². The van der Waals surface area contributed by atoms with Gasteiger partial charge in [-0.05, 0) is 12.1 Å². The molecule has 76 valence electrons. The molecule has 6 heteroatoms. The normalized spacial score (nSPS) is 9.93. The monoisotopic (exact) mass is 214 g/mol. The first-order valence-corrected chi connectivity index (χ1v) is 4.43. The summed E-state index contributed by atoms with van der Waals surface area (Å²) in [6.45, 7) is 0.387. The van der Waals surface area contributed by atoms with Crippen molar-refractivity contribution in [1.82, 2.24) is 15.1 Å². The first-order valence-electron chi connectivity index (χ1n) is 4.05. The first kappa shape index (κ1) is 10.9. The van der Waals surface area contributed by atoms with Crippen LogP contribution in [0.5, 0.6) is 0 Å². The van der Waals surface area contributed by atoms with Gasteiger partial charge in [0.05, 0.1) is 18.8 Å². The van der Waals surface area contributed by atoms with Crippen molar-refractivity contribution in [1.29, 1.82) is 0 Å². The molecule has 0 atom stereocenters. The van der Waals surface area contributed by atoms with Gasteiger partial charge in [-0.15, -0.1) is 5.10 Å². The zero-order chi connectivity index (χ0) is 10.6. The third kappa shape index (κ3) is 2.93. The van der Waals surface area contributed by atoms with Crippen molar-refractivity contribution in [3.05, 3.63) is 23.0 Å². The maximum absolute atomic E-state index is 11.1. The van der Waals surface area contributed by atoms with Crippen LogP contribution >= 0.6 is 11.6 Å². The minimum absolute atomic E-state index is 0.00246. The van der Waals surface area contributed by atoms with E-state index in [2.05, 4.69) is 10.2 Å². The fraction of sp³-hybridized carbons (Fsp3) is 0.375. The zero-order valence-electron chi connectivity index (χ0n) is 7.77. The molecule has 1 rings (SSSR count). The average molecular weight is 215 g/mol. The smallest absolute Gasteiger partial charge is 0.236 e. The van der Waals surface area contributed by atoms with Crippen LogP contribution in [0.4, 0.5) is 0 Å². The number of nitrogens with zero attached hydrogens (tertiary/aromatic N) is 3. The molecule has 0 aliphatic heterocycles. The maximum Gasteiger partial charge on any atom is 0.236 e. The van der Waals surface area contributed by atoms with Gasteiger partial charge in [-0.3, -0.25) is 4.79 Å². The molecular weight excluding hydrogens is 204 g/mol. The molecule has 0 aliphatic carbocycles. The highest BCUT2D eigenvalue weighted by Gasteiger charge is 2.07. The molecule has 0 unspecified atom stereocenters. The lowest BCUT2D eigenvalue weighted by atomic mass is 10.3. The number of hydrogen-bond donors (Lipinski definition) is 1. The number of amides is 1. The Bertz CT molecular complexity index is 314. The summed E-state index contributed by atoms with van der Waals surface area (Å²) < 4.78 is 0. The summed E-state index contributed by atoms with van der Waals surface area (Å²) in [6, 6.07) is 3.35. The molecule has 0 bridgehead atoms. The Balaban J connectivity index is 2.60. The van der Waals surface area contributed by atoms with Crippen molar-refractivity contribution in [3.63, 3.8) is 0 Å². The number of aromatic nitrogens is 2. The highest BCUT2D eigenvalue weighted by Crippen LogP contribution is 2.03. The van der Waals surface area contributed by atoms with Gasteiger partial charge in [0.1, 0.15) is 0 Å². The summed E-state index contributed by atoms with van der Waals surface area (Å²) in [5, 5.41) is 7.82. The summed E-state index contributed by atoms with van der Waals surface area (Å²) >= 11 is 5.56. The van der Waals surface area contributed by atoms with Gasteiger partial charge < -0.3 is 10.6 Å². The second kappa shape index (κ2) is 4.88. The summed E-state index contributed by atoms with van der Waals surface area (Å²) in [4.78, 5) is 12.6. The molecule has 0 fully saturated rings. The van der Waals surface area contributed by atoms with Gasteiger partial charge in [0.15, 0.2) is 5.15 Å². The molecule has 1 heterocycles. The van der Waals surface area contributed by atoms with Gasteiger partial charge >= 0.3 is 0 Å². The van der Waals surface area contributed by atoms with Crippen LogP contribution in [-0.2, 0) is 11.3 Å². The predicted molar refractivity (Wildman–Crippen MR) is 52.6 cm³/mol. The van der Waals surface area contributed by atoms with E-state index >= 15 is 0 Å². The number of likely N-dealkylation sites (N-methyl/N-ethyl adjacent to an activating group) is 1. The Morgan fingerprint density at radius 1 is 1.57 bits per heavy atom. The molecule has 0 aromatic carbocycles. The molecule has 14 heavy (non-hydrogen) atoms. The minimum Gasteiger partial charge on any atom is -0.339 e. The van der Waals surface area contributed by atoms with E-state index in [1.807, 2.05) is 0 Å². The second-order valence-electron chi connectivity index (χ2n) is 2.80. The number of hydrogen-bond acceptors (Lipinski definition) is 4. The van der Waals surface area contributed by atoms with Crippen LogP contribution in [0, 0.1) is 0 Å². The predicted octanol–water partition coefficient (Wildman–Crippen LogP) is 0.0471. The van der Waals surface area contributed by atoms with Crippen LogP contribution in [-0.4, -0.2) is 34.6 Å². The number of carbonyl (C=O) groups excluding carboxylic acids is 1. The fourth-order valence-corrected chi connectivity index (χ4v) is 1.02. The van der Waals surface area contributed by atoms with E-state index in [9.17, 15) is 4.79 Å². The van der Waals surface area contributed by atoms with E-state index in [-0.39, 0.29) is 12.5 Å². The number of halogens is 1. The van der Waals surface area contributed by atoms with Crippen LogP contribution in [0.2, 0.25) is 5.15 Å². The van der Waals surface area contributed by atoms with Crippen molar-refractivity contribution in [2.75, 3.05) is 13.6 Å². The van der Waals surface area contributed by atoms with E-state index in [0.717, 1.165) is 0 Å². The molecule has 0 saturated carbocycles. The largest absolute Gasteiger partial charge is 0.339 e. The molecule has 1 aromatic heterocycles. The molecule has 5 nitrogen and oxygen atoms in total. The van der Waals surface area contributed by atoms with Crippen LogP contribution < -0.4 is 5.73 Å². The summed E-state index contributed by atoms with van der Waals surface area (Å²) in [5.74, 6) is -0.137. The second-order valence-corrected chi connectivity index (χ2v) is 3.19. The molecule has 1 amide bonds. The SMILES string of the molecule is CN(Cc1ccc(Cl)nn1)C(=O)CN. The van der Waals surface area contributed by atoms with Crippen molar-refractivity contribution in [2.45, 2.75) is 6.54 Å². The van der Waals surface area contributed by atoms with Gasteiger partial charge in [-0.25, -0.2) is 0 Å². The van der Waals surface area contributed by atoms with Crippen molar-refractivity contribution >= 4 is 17.5 Å². The Kier molecular flexibility index (Phi) is 3.79. The van der Waals surface area contributed by atoms with Crippen molar-refractivity contribution in [2.24, 2.45) is 5.73 Å². The van der Waals surface area contributed by atoms with Crippen LogP contribution in [0.15, 0.2) is 12.1 Å². The third-order valence-corrected chi connectivity index (χ3v) is 1.89. The van der Waals surface area contributed by atoms with Crippen molar-refractivity contribution in [3.8, 4) is 0 Å². The molecular formula is C8H11ClN4O. The molecule has 2 N–H and O–H groups in total. The highest BCUT2D eigenvalue weighted by atomic mass is 35.5. The summed E-state index contributed by atoms with van der Waals surface area (Å²) in [5.41, 5.74) is 5.88.